The highest BCUT2D eigenvalue weighted by molar-refractivity contribution is 7.89. The number of carbonyl (C=O) groups excluding carboxylic acids is 2. The number of nitrogens with one attached hydrogen (secondary N) is 2. The van der Waals surface area contributed by atoms with Crippen molar-refractivity contribution in [3.8, 4) is 0 Å². The van der Waals surface area contributed by atoms with Gasteiger partial charge in [0.1, 0.15) is 11.5 Å². The van der Waals surface area contributed by atoms with Crippen LogP contribution < -0.4 is 10.0 Å². The lowest BCUT2D eigenvalue weighted by Crippen LogP contribution is -2.38. The Hall–Kier alpha value is -3.11. The number of amides is 2. The maximum Gasteiger partial charge on any atom is 0.267 e. The average Bonchev–Trinajstić information content (AvgIpc) is 3.59. The van der Waals surface area contributed by atoms with Crippen LogP contribution in [0.1, 0.15) is 36.8 Å². The quantitative estimate of drug-likeness (QED) is 0.631. The molecule has 0 saturated heterocycles. The van der Waals surface area contributed by atoms with Gasteiger partial charge >= 0.3 is 0 Å². The molecule has 1 fully saturated rings. The molecule has 0 spiro atoms. The first-order chi connectivity index (χ1) is 15.3. The highest BCUT2D eigenvalue weighted by Gasteiger charge is 2.28. The number of carbonyl (C=O) groups is 2. The number of benzene rings is 2. The molecule has 32 heavy (non-hydrogen) atoms. The van der Waals surface area contributed by atoms with E-state index in [2.05, 4.69) is 15.1 Å². The summed E-state index contributed by atoms with van der Waals surface area (Å²) >= 11 is 0. The third-order valence-corrected chi connectivity index (χ3v) is 6.73. The Balaban J connectivity index is 1.35. The summed E-state index contributed by atoms with van der Waals surface area (Å²) < 4.78 is 40.1. The van der Waals surface area contributed by atoms with E-state index in [0.29, 0.717) is 5.56 Å². The van der Waals surface area contributed by atoms with Gasteiger partial charge in [0, 0.05) is 25.4 Å². The zero-order valence-corrected chi connectivity index (χ0v) is 18.1. The van der Waals surface area contributed by atoms with Gasteiger partial charge in [-0.1, -0.05) is 24.3 Å². The largest absolute Gasteiger partial charge is 0.347 e. The summed E-state index contributed by atoms with van der Waals surface area (Å²) in [6, 6.07) is 12.1. The van der Waals surface area contributed by atoms with E-state index in [1.54, 1.807) is 24.3 Å². The van der Waals surface area contributed by atoms with E-state index in [1.165, 1.54) is 29.3 Å². The molecule has 168 valence electrons. The van der Waals surface area contributed by atoms with Gasteiger partial charge in [-0.15, -0.1) is 0 Å². The summed E-state index contributed by atoms with van der Waals surface area (Å²) in [6.07, 6.45) is 2.11. The van der Waals surface area contributed by atoms with Crippen LogP contribution in [0.2, 0.25) is 0 Å². The Morgan fingerprint density at radius 1 is 1.03 bits per heavy atom. The number of hydrogen-bond acceptors (Lipinski definition) is 5. The second-order valence-electron chi connectivity index (χ2n) is 7.85. The predicted octanol–water partition coefficient (Wildman–Crippen LogP) is 2.06. The first-order valence-electron chi connectivity index (χ1n) is 10.3. The highest BCUT2D eigenvalue weighted by Crippen LogP contribution is 2.22. The SMILES string of the molecule is O=C(NCc1ccc(S(=O)(=O)NC2CC2)cc1)C1=NN(Cc2ccc(F)cc2)C(=O)CC1. The number of rotatable bonds is 8. The number of hydrazone groups is 1. The highest BCUT2D eigenvalue weighted by atomic mass is 32.2. The van der Waals surface area contributed by atoms with E-state index in [4.69, 9.17) is 0 Å². The van der Waals surface area contributed by atoms with Crippen LogP contribution in [0.3, 0.4) is 0 Å². The zero-order chi connectivity index (χ0) is 22.7. The van der Waals surface area contributed by atoms with Crippen LogP contribution in [0.15, 0.2) is 58.5 Å². The first kappa shape index (κ1) is 22.1. The predicted molar refractivity (Wildman–Crippen MR) is 115 cm³/mol. The third kappa shape index (κ3) is 5.57. The van der Waals surface area contributed by atoms with Crippen LogP contribution in [0.4, 0.5) is 4.39 Å². The zero-order valence-electron chi connectivity index (χ0n) is 17.3. The lowest BCUT2D eigenvalue weighted by atomic mass is 10.1. The van der Waals surface area contributed by atoms with Gasteiger partial charge in [-0.2, -0.15) is 5.10 Å². The fourth-order valence-corrected chi connectivity index (χ4v) is 4.52. The smallest absolute Gasteiger partial charge is 0.267 e. The second-order valence-corrected chi connectivity index (χ2v) is 9.56. The molecule has 0 unspecified atom stereocenters. The molecule has 0 bridgehead atoms. The Kier molecular flexibility index (Phi) is 6.33. The summed E-state index contributed by atoms with van der Waals surface area (Å²) in [4.78, 5) is 24.9. The van der Waals surface area contributed by atoms with Gasteiger partial charge in [0.05, 0.1) is 11.4 Å². The van der Waals surface area contributed by atoms with Crippen LogP contribution in [0.25, 0.3) is 0 Å². The van der Waals surface area contributed by atoms with Gasteiger partial charge in [-0.25, -0.2) is 22.5 Å². The van der Waals surface area contributed by atoms with Crippen LogP contribution in [-0.2, 0) is 32.7 Å². The Labute approximate surface area is 185 Å². The maximum absolute atomic E-state index is 13.1. The third-order valence-electron chi connectivity index (χ3n) is 5.20. The average molecular weight is 459 g/mol. The number of halogens is 1. The maximum atomic E-state index is 13.1. The molecule has 2 amide bonds. The van der Waals surface area contributed by atoms with E-state index in [0.717, 1.165) is 18.4 Å². The van der Waals surface area contributed by atoms with Crippen LogP contribution >= 0.6 is 0 Å². The normalized spacial score (nSPS) is 16.6. The van der Waals surface area contributed by atoms with Crippen molar-refractivity contribution in [2.45, 2.75) is 49.7 Å². The number of sulfonamides is 1. The Morgan fingerprint density at radius 2 is 1.69 bits per heavy atom. The van der Waals surface area contributed by atoms with Crippen molar-refractivity contribution in [2.75, 3.05) is 0 Å². The van der Waals surface area contributed by atoms with Crippen molar-refractivity contribution in [1.29, 1.82) is 0 Å². The molecular weight excluding hydrogens is 435 g/mol. The Bertz CT molecular complexity index is 1140. The lowest BCUT2D eigenvalue weighted by molar-refractivity contribution is -0.132. The molecule has 4 rings (SSSR count). The molecule has 1 aliphatic heterocycles. The molecule has 2 aliphatic rings. The molecule has 10 heteroatoms. The first-order valence-corrected chi connectivity index (χ1v) is 11.8. The molecule has 2 N–H and O–H groups in total. The minimum Gasteiger partial charge on any atom is -0.347 e. The van der Waals surface area contributed by atoms with Crippen LogP contribution in [0.5, 0.6) is 0 Å². The van der Waals surface area contributed by atoms with Gasteiger partial charge < -0.3 is 5.32 Å². The van der Waals surface area contributed by atoms with Crippen LogP contribution in [0, 0.1) is 5.82 Å². The fraction of sp³-hybridized carbons (Fsp3) is 0.318. The molecule has 2 aromatic rings. The molecule has 0 aromatic heterocycles. The van der Waals surface area contributed by atoms with Crippen molar-refractivity contribution < 1.29 is 22.4 Å². The standard InChI is InChI=1S/C22H23FN4O4S/c23-17-5-1-16(2-6-17)14-27-21(28)12-11-20(25-27)22(29)24-13-15-3-9-19(10-4-15)32(30,31)26-18-7-8-18/h1-6,9-10,18,26H,7-8,11-14H2,(H,24,29). The second kappa shape index (κ2) is 9.17. The molecule has 1 saturated carbocycles. The molecule has 1 heterocycles. The minimum atomic E-state index is -3.52. The van der Waals surface area contributed by atoms with Gasteiger partial charge in [0.25, 0.3) is 5.91 Å². The van der Waals surface area contributed by atoms with Gasteiger partial charge in [0.15, 0.2) is 0 Å². The van der Waals surface area contributed by atoms with E-state index >= 15 is 0 Å². The van der Waals surface area contributed by atoms with Gasteiger partial charge in [-0.3, -0.25) is 9.59 Å². The van der Waals surface area contributed by atoms with Crippen molar-refractivity contribution in [3.63, 3.8) is 0 Å². The molecule has 2 aromatic carbocycles. The Morgan fingerprint density at radius 3 is 2.34 bits per heavy atom. The molecule has 8 nitrogen and oxygen atoms in total. The van der Waals surface area contributed by atoms with Gasteiger partial charge in [-0.05, 0) is 48.2 Å². The molecule has 0 atom stereocenters. The minimum absolute atomic E-state index is 0.0322. The fourth-order valence-electron chi connectivity index (χ4n) is 3.21. The van der Waals surface area contributed by atoms with E-state index in [9.17, 15) is 22.4 Å². The molecule has 1 aliphatic carbocycles. The summed E-state index contributed by atoms with van der Waals surface area (Å²) in [7, 11) is -3.52. The molecular formula is C22H23FN4O4S. The van der Waals surface area contributed by atoms with E-state index in [1.807, 2.05) is 0 Å². The monoisotopic (exact) mass is 458 g/mol. The number of hydrogen-bond donors (Lipinski definition) is 2. The number of nitrogens with zero attached hydrogens (tertiary/aromatic N) is 2. The van der Waals surface area contributed by atoms with Crippen molar-refractivity contribution in [2.24, 2.45) is 5.10 Å². The lowest BCUT2D eigenvalue weighted by Gasteiger charge is -2.23. The molecule has 0 radical (unpaired) electrons. The summed E-state index contributed by atoms with van der Waals surface area (Å²) in [6.45, 7) is 0.348. The van der Waals surface area contributed by atoms with Gasteiger partial charge in [0.2, 0.25) is 15.9 Å². The van der Waals surface area contributed by atoms with Crippen LogP contribution in [-0.4, -0.2) is 37.0 Å². The topological polar surface area (TPSA) is 108 Å². The van der Waals surface area contributed by atoms with Crippen molar-refractivity contribution in [3.05, 3.63) is 65.5 Å². The van der Waals surface area contributed by atoms with Crippen molar-refractivity contribution in [1.82, 2.24) is 15.0 Å². The summed E-state index contributed by atoms with van der Waals surface area (Å²) in [5.74, 6) is -0.969. The van der Waals surface area contributed by atoms with E-state index in [-0.39, 0.29) is 54.3 Å². The summed E-state index contributed by atoms with van der Waals surface area (Å²) in [5.41, 5.74) is 1.68. The van der Waals surface area contributed by atoms with E-state index < -0.39 is 15.9 Å². The summed E-state index contributed by atoms with van der Waals surface area (Å²) in [5, 5.41) is 8.15. The van der Waals surface area contributed by atoms with Crippen molar-refractivity contribution >= 4 is 27.5 Å².